The average Bonchev–Trinajstić information content (AvgIpc) is 3.87. The fourth-order valence-electron chi connectivity index (χ4n) is 9.61. The SMILES string of the molecule is OC[C@H]1O[C@H](O)[C@H](O)[C@@H](O[C@@H]2O[C@H]3CO[C@@H]([C@H]2O)[C@@H]3O[C@@H]2O[C@H](CO)[C@H](O)[C@H](O[C@@H]3O[C@H]4CO[C@@H]([C@H]3O)[C@@H]4O[C@@H]3O[C@H](CO)[C@H](O)[C@H](O[C@@H]4O[C@H]5CO[C@@H]([C@H]4O)[C@@H]5O)[C@H]3O)[C@H]2O)[C@H]1O. The van der Waals surface area contributed by atoms with Crippen molar-refractivity contribution in [1.82, 2.24) is 0 Å². The summed E-state index contributed by atoms with van der Waals surface area (Å²) in [5.74, 6) is 0. The van der Waals surface area contributed by atoms with Crippen molar-refractivity contribution < 1.29 is 138 Å². The van der Waals surface area contributed by atoms with Gasteiger partial charge in [0.2, 0.25) is 0 Å². The molecule has 0 radical (unpaired) electrons. The summed E-state index contributed by atoms with van der Waals surface area (Å²) in [5, 5.41) is 149. The molecule has 0 aromatic heterocycles. The lowest BCUT2D eigenvalue weighted by atomic mass is 9.96. The predicted molar refractivity (Wildman–Crippen MR) is 189 cm³/mol. The molecule has 0 aromatic rings. The summed E-state index contributed by atoms with van der Waals surface area (Å²) in [6.07, 6.45) is -44.4. The molecule has 28 nitrogen and oxygen atoms in total. The molecule has 9 saturated heterocycles. The molecule has 9 fully saturated rings. The van der Waals surface area contributed by atoms with Gasteiger partial charge in [-0.2, -0.15) is 0 Å². The van der Waals surface area contributed by atoms with E-state index in [9.17, 15) is 71.5 Å². The van der Waals surface area contributed by atoms with Crippen molar-refractivity contribution in [1.29, 1.82) is 0 Å². The number of hydrogen-bond donors (Lipinski definition) is 14. The maximum Gasteiger partial charge on any atom is 0.187 e. The Bertz CT molecular complexity index is 1560. The van der Waals surface area contributed by atoms with Crippen LogP contribution < -0.4 is 0 Å². The summed E-state index contributed by atoms with van der Waals surface area (Å²) in [6.45, 7) is -2.74. The lowest BCUT2D eigenvalue weighted by Crippen LogP contribution is -2.66. The van der Waals surface area contributed by atoms with Crippen LogP contribution in [-0.4, -0.2) is 295 Å². The molecule has 0 aromatic carbocycles. The average molecular weight is 937 g/mol. The molecule has 0 aliphatic carbocycles. The topological polar surface area (TPSA) is 412 Å². The van der Waals surface area contributed by atoms with Crippen LogP contribution in [0.1, 0.15) is 0 Å². The van der Waals surface area contributed by atoms with E-state index < -0.39 is 204 Å². The highest BCUT2D eigenvalue weighted by Gasteiger charge is 2.61. The van der Waals surface area contributed by atoms with Crippen LogP contribution in [-0.2, 0) is 66.3 Å². The molecule has 0 unspecified atom stereocenters. The summed E-state index contributed by atoms with van der Waals surface area (Å²) < 4.78 is 80.0. The third kappa shape index (κ3) is 8.54. The largest absolute Gasteiger partial charge is 0.394 e. The van der Waals surface area contributed by atoms with Gasteiger partial charge in [-0.1, -0.05) is 0 Å². The van der Waals surface area contributed by atoms with Crippen LogP contribution in [0.5, 0.6) is 0 Å². The third-order valence-corrected chi connectivity index (χ3v) is 13.2. The lowest BCUT2D eigenvalue weighted by molar-refractivity contribution is -0.380. The number of fused-ring (bicyclic) bond motifs is 6. The zero-order valence-corrected chi connectivity index (χ0v) is 33.5. The van der Waals surface area contributed by atoms with Gasteiger partial charge in [-0.15, -0.1) is 0 Å². The number of ether oxygens (including phenoxy) is 14. The van der Waals surface area contributed by atoms with Crippen molar-refractivity contribution in [3.05, 3.63) is 0 Å². The van der Waals surface area contributed by atoms with Crippen molar-refractivity contribution in [3.63, 3.8) is 0 Å². The van der Waals surface area contributed by atoms with E-state index in [0.717, 1.165) is 0 Å². The molecule has 14 N–H and O–H groups in total. The van der Waals surface area contributed by atoms with Crippen LogP contribution in [0.3, 0.4) is 0 Å². The molecule has 9 rings (SSSR count). The van der Waals surface area contributed by atoms with E-state index in [1.54, 1.807) is 0 Å². The highest BCUT2D eigenvalue weighted by Crippen LogP contribution is 2.41. The second-order valence-corrected chi connectivity index (χ2v) is 17.1. The van der Waals surface area contributed by atoms with Gasteiger partial charge in [0.1, 0.15) is 146 Å². The molecule has 9 heterocycles. The van der Waals surface area contributed by atoms with Gasteiger partial charge in [-0.25, -0.2) is 0 Å². The Morgan fingerprint density at radius 2 is 0.641 bits per heavy atom. The molecule has 30 atom stereocenters. The fourth-order valence-corrected chi connectivity index (χ4v) is 9.61. The second kappa shape index (κ2) is 19.3. The van der Waals surface area contributed by atoms with Gasteiger partial charge in [-0.3, -0.25) is 0 Å². The molecule has 28 heteroatoms. The van der Waals surface area contributed by atoms with Gasteiger partial charge in [0.05, 0.1) is 39.6 Å². The lowest BCUT2D eigenvalue weighted by Gasteiger charge is -2.48. The molecule has 9 aliphatic rings. The maximum absolute atomic E-state index is 11.5. The van der Waals surface area contributed by atoms with Gasteiger partial charge in [0.25, 0.3) is 0 Å². The van der Waals surface area contributed by atoms with Crippen LogP contribution >= 0.6 is 0 Å². The number of rotatable bonds is 13. The highest BCUT2D eigenvalue weighted by atomic mass is 16.8. The Morgan fingerprint density at radius 1 is 0.312 bits per heavy atom. The van der Waals surface area contributed by atoms with E-state index in [1.807, 2.05) is 0 Å². The van der Waals surface area contributed by atoms with Crippen molar-refractivity contribution in [2.45, 2.75) is 184 Å². The molecule has 368 valence electrons. The number of aliphatic hydroxyl groups excluding tert-OH is 14. The molecule has 0 spiro atoms. The van der Waals surface area contributed by atoms with Gasteiger partial charge in [0.15, 0.2) is 37.7 Å². The van der Waals surface area contributed by atoms with Crippen LogP contribution in [0.15, 0.2) is 0 Å². The van der Waals surface area contributed by atoms with Crippen LogP contribution in [0, 0.1) is 0 Å². The number of hydrogen-bond acceptors (Lipinski definition) is 28. The summed E-state index contributed by atoms with van der Waals surface area (Å²) in [7, 11) is 0. The van der Waals surface area contributed by atoms with E-state index in [-0.39, 0.29) is 19.8 Å². The molecular weight excluding hydrogens is 880 g/mol. The molecule has 6 bridgehead atoms. The minimum absolute atomic E-state index is 0.0399. The van der Waals surface area contributed by atoms with Crippen molar-refractivity contribution in [2.75, 3.05) is 39.6 Å². The first-order valence-corrected chi connectivity index (χ1v) is 21.0. The minimum Gasteiger partial charge on any atom is -0.394 e. The van der Waals surface area contributed by atoms with Gasteiger partial charge < -0.3 is 138 Å². The standard InChI is InChI=1S/C36H56O28/c37-1-7-13(40)26(17(44)31(50)54-7)62-35-21(48)29-23(11(58-35)5-52-29)60-34-20(47)28(15(42)9(3-39)56-34)64-36-22(49)30-24(12(59-36)6-53-30)61-33-19(46)27(14(41)8(2-38)55-33)63-32-18(45)25-16(43)10(57-32)4-51-25/h7-50H,1-6H2/t7-,8-,9-,10+,11+,12+,13+,14+,15+,16-,17-,18-,19-,20-,21-,22-,23-,24-,25-,26+,27+,28+,29+,30+,31+,32+,33+,34+,35+,36+/m1/s1. The number of aliphatic hydroxyl groups is 14. The van der Waals surface area contributed by atoms with Crippen molar-refractivity contribution in [2.24, 2.45) is 0 Å². The van der Waals surface area contributed by atoms with E-state index in [2.05, 4.69) is 0 Å². The van der Waals surface area contributed by atoms with E-state index in [0.29, 0.717) is 0 Å². The molecule has 9 aliphatic heterocycles. The Morgan fingerprint density at radius 3 is 1.08 bits per heavy atom. The van der Waals surface area contributed by atoms with Gasteiger partial charge in [0, 0.05) is 0 Å². The fraction of sp³-hybridized carbons (Fsp3) is 1.00. The van der Waals surface area contributed by atoms with E-state index >= 15 is 0 Å². The smallest absolute Gasteiger partial charge is 0.187 e. The first-order valence-electron chi connectivity index (χ1n) is 21.0. The van der Waals surface area contributed by atoms with Crippen molar-refractivity contribution >= 4 is 0 Å². The predicted octanol–water partition coefficient (Wildman–Crippen LogP) is -11.0. The van der Waals surface area contributed by atoms with E-state index in [1.165, 1.54) is 0 Å². The third-order valence-electron chi connectivity index (χ3n) is 13.2. The second-order valence-electron chi connectivity index (χ2n) is 17.1. The Labute approximate surface area is 361 Å². The summed E-state index contributed by atoms with van der Waals surface area (Å²) in [4.78, 5) is 0. The van der Waals surface area contributed by atoms with Crippen LogP contribution in [0.25, 0.3) is 0 Å². The zero-order chi connectivity index (χ0) is 45.5. The normalized spacial score (nSPS) is 57.3. The van der Waals surface area contributed by atoms with Crippen LogP contribution in [0.2, 0.25) is 0 Å². The maximum atomic E-state index is 11.5. The Balaban J connectivity index is 0.831. The summed E-state index contributed by atoms with van der Waals surface area (Å²) >= 11 is 0. The Hall–Kier alpha value is -1.12. The summed E-state index contributed by atoms with van der Waals surface area (Å²) in [5.41, 5.74) is 0. The molecule has 0 saturated carbocycles. The monoisotopic (exact) mass is 936 g/mol. The molecule has 64 heavy (non-hydrogen) atoms. The minimum atomic E-state index is -1.88. The highest BCUT2D eigenvalue weighted by molar-refractivity contribution is 5.03. The first kappa shape index (κ1) is 47.9. The summed E-state index contributed by atoms with van der Waals surface area (Å²) in [6, 6.07) is 0. The first-order chi connectivity index (χ1) is 30.6. The quantitative estimate of drug-likeness (QED) is 0.0815. The molecule has 0 amide bonds. The Kier molecular flexibility index (Phi) is 14.5. The zero-order valence-electron chi connectivity index (χ0n) is 33.5. The van der Waals surface area contributed by atoms with Gasteiger partial charge in [-0.05, 0) is 0 Å². The van der Waals surface area contributed by atoms with Gasteiger partial charge >= 0.3 is 0 Å². The van der Waals surface area contributed by atoms with Crippen molar-refractivity contribution in [3.8, 4) is 0 Å². The van der Waals surface area contributed by atoms with E-state index in [4.69, 9.17) is 66.3 Å². The van der Waals surface area contributed by atoms with Crippen LogP contribution in [0.4, 0.5) is 0 Å². The molecular formula is C36H56O28.